The monoisotopic (exact) mass is 380 g/mol. The van der Waals surface area contributed by atoms with Gasteiger partial charge >= 0.3 is 5.97 Å². The highest BCUT2D eigenvalue weighted by Crippen LogP contribution is 2.25. The fourth-order valence-electron chi connectivity index (χ4n) is 3.22. The normalized spacial score (nSPS) is 13.0. The van der Waals surface area contributed by atoms with Crippen molar-refractivity contribution in [1.82, 2.24) is 0 Å². The third-order valence-electron chi connectivity index (χ3n) is 4.86. The van der Waals surface area contributed by atoms with Gasteiger partial charge in [0.05, 0.1) is 11.6 Å². The SMILES string of the molecule is CCCCCCCCCCCCC(OC(C)=O)c1coc([Si](C)(C)C)c1. The molecule has 3 nitrogen and oxygen atoms in total. The van der Waals surface area contributed by atoms with Crippen LogP contribution in [0, 0.1) is 0 Å². The van der Waals surface area contributed by atoms with Gasteiger partial charge < -0.3 is 9.15 Å². The number of hydrogen-bond acceptors (Lipinski definition) is 3. The number of carbonyl (C=O) groups excluding carboxylic acids is 1. The zero-order valence-electron chi connectivity index (χ0n) is 17.7. The molecule has 1 aromatic heterocycles. The Kier molecular flexibility index (Phi) is 10.9. The fraction of sp³-hybridized carbons (Fsp3) is 0.773. The van der Waals surface area contributed by atoms with E-state index in [1.54, 1.807) is 6.26 Å². The molecule has 0 spiro atoms. The lowest BCUT2D eigenvalue weighted by Gasteiger charge is -2.15. The molecule has 0 fully saturated rings. The van der Waals surface area contributed by atoms with Crippen molar-refractivity contribution < 1.29 is 13.9 Å². The number of rotatable bonds is 14. The van der Waals surface area contributed by atoms with Crippen molar-refractivity contribution in [3.8, 4) is 0 Å². The van der Waals surface area contributed by atoms with E-state index in [-0.39, 0.29) is 12.1 Å². The van der Waals surface area contributed by atoms with Crippen molar-refractivity contribution in [1.29, 1.82) is 0 Å². The maximum atomic E-state index is 11.5. The van der Waals surface area contributed by atoms with E-state index in [0.717, 1.165) is 23.8 Å². The molecule has 0 aliphatic rings. The number of furan rings is 1. The van der Waals surface area contributed by atoms with Gasteiger partial charge in [-0.05, 0) is 18.9 Å². The quantitative estimate of drug-likeness (QED) is 0.204. The summed E-state index contributed by atoms with van der Waals surface area (Å²) >= 11 is 0. The number of carbonyl (C=O) groups is 1. The average Bonchev–Trinajstić information content (AvgIpc) is 3.05. The molecule has 1 aromatic rings. The van der Waals surface area contributed by atoms with E-state index >= 15 is 0 Å². The zero-order valence-corrected chi connectivity index (χ0v) is 18.7. The largest absolute Gasteiger partial charge is 0.474 e. The first-order chi connectivity index (χ1) is 12.3. The minimum absolute atomic E-state index is 0.157. The molecule has 26 heavy (non-hydrogen) atoms. The summed E-state index contributed by atoms with van der Waals surface area (Å²) in [6.07, 6.45) is 15.7. The first kappa shape index (κ1) is 23.0. The van der Waals surface area contributed by atoms with Crippen molar-refractivity contribution in [2.75, 3.05) is 0 Å². The Morgan fingerprint density at radius 2 is 1.54 bits per heavy atom. The van der Waals surface area contributed by atoms with Crippen LogP contribution in [0.3, 0.4) is 0 Å². The van der Waals surface area contributed by atoms with Crippen molar-refractivity contribution in [3.63, 3.8) is 0 Å². The van der Waals surface area contributed by atoms with Crippen LogP contribution in [-0.2, 0) is 9.53 Å². The van der Waals surface area contributed by atoms with Crippen molar-refractivity contribution in [3.05, 3.63) is 17.9 Å². The Morgan fingerprint density at radius 1 is 1.00 bits per heavy atom. The van der Waals surface area contributed by atoms with Gasteiger partial charge in [0.25, 0.3) is 0 Å². The molecule has 0 aliphatic carbocycles. The zero-order chi connectivity index (χ0) is 19.4. The number of hydrogen-bond donors (Lipinski definition) is 0. The first-order valence-electron chi connectivity index (χ1n) is 10.6. The van der Waals surface area contributed by atoms with Crippen LogP contribution in [0.25, 0.3) is 0 Å². The highest BCUT2D eigenvalue weighted by molar-refractivity contribution is 6.87. The Bertz CT molecular complexity index is 502. The summed E-state index contributed by atoms with van der Waals surface area (Å²) in [5, 5.41) is 1.08. The molecule has 1 rings (SSSR count). The van der Waals surface area contributed by atoms with Crippen LogP contribution in [0.2, 0.25) is 19.6 Å². The van der Waals surface area contributed by atoms with Gasteiger partial charge in [-0.25, -0.2) is 0 Å². The topological polar surface area (TPSA) is 39.4 Å². The van der Waals surface area contributed by atoms with E-state index in [9.17, 15) is 4.79 Å². The Labute approximate surface area is 161 Å². The molecule has 0 saturated carbocycles. The summed E-state index contributed by atoms with van der Waals surface area (Å²) in [6.45, 7) is 10.5. The second kappa shape index (κ2) is 12.4. The van der Waals surface area contributed by atoms with E-state index in [0.29, 0.717) is 0 Å². The minimum atomic E-state index is -1.47. The molecule has 4 heteroatoms. The number of esters is 1. The Balaban J connectivity index is 2.31. The standard InChI is InChI=1S/C22H40O3Si/c1-6-7-8-9-10-11-12-13-14-15-16-21(25-19(2)23)20-17-22(24-18-20)26(3,4)5/h17-18,21H,6-16H2,1-5H3. The van der Waals surface area contributed by atoms with E-state index < -0.39 is 8.07 Å². The summed E-state index contributed by atoms with van der Waals surface area (Å²) in [5.74, 6) is -0.210. The minimum Gasteiger partial charge on any atom is -0.474 e. The molecule has 0 aromatic carbocycles. The summed E-state index contributed by atoms with van der Waals surface area (Å²) < 4.78 is 11.3. The van der Waals surface area contributed by atoms with Gasteiger partial charge in [0.15, 0.2) is 0 Å². The van der Waals surface area contributed by atoms with Gasteiger partial charge in [0, 0.05) is 12.5 Å². The molecule has 1 atom stereocenters. The van der Waals surface area contributed by atoms with E-state index in [2.05, 4.69) is 32.6 Å². The van der Waals surface area contributed by atoms with Crippen molar-refractivity contribution in [2.24, 2.45) is 0 Å². The van der Waals surface area contributed by atoms with Crippen LogP contribution in [0.1, 0.15) is 96.1 Å². The van der Waals surface area contributed by atoms with Crippen molar-refractivity contribution >= 4 is 19.4 Å². The van der Waals surface area contributed by atoms with Gasteiger partial charge in [0.1, 0.15) is 14.2 Å². The van der Waals surface area contributed by atoms with Crippen LogP contribution >= 0.6 is 0 Å². The van der Waals surface area contributed by atoms with Crippen LogP contribution in [0.4, 0.5) is 0 Å². The summed E-state index contributed by atoms with van der Waals surface area (Å²) in [7, 11) is -1.47. The van der Waals surface area contributed by atoms with E-state index in [1.165, 1.54) is 64.7 Å². The van der Waals surface area contributed by atoms with Gasteiger partial charge in [-0.3, -0.25) is 4.79 Å². The third kappa shape index (κ3) is 9.61. The Hall–Kier alpha value is -1.03. The molecular weight excluding hydrogens is 340 g/mol. The molecule has 0 radical (unpaired) electrons. The lowest BCUT2D eigenvalue weighted by atomic mass is 10.0. The smallest absolute Gasteiger partial charge is 0.303 e. The molecule has 0 saturated heterocycles. The highest BCUT2D eigenvalue weighted by atomic mass is 28.3. The molecule has 1 heterocycles. The Morgan fingerprint density at radius 3 is 2.00 bits per heavy atom. The van der Waals surface area contributed by atoms with Gasteiger partial charge in [-0.2, -0.15) is 0 Å². The molecule has 0 N–H and O–H groups in total. The number of ether oxygens (including phenoxy) is 1. The second-order valence-electron chi connectivity index (χ2n) is 8.56. The first-order valence-corrected chi connectivity index (χ1v) is 14.1. The average molecular weight is 381 g/mol. The number of unbranched alkanes of at least 4 members (excludes halogenated alkanes) is 9. The summed E-state index contributed by atoms with van der Waals surface area (Å²) in [4.78, 5) is 11.5. The summed E-state index contributed by atoms with van der Waals surface area (Å²) in [5.41, 5.74) is 1.02. The van der Waals surface area contributed by atoms with E-state index in [1.807, 2.05) is 0 Å². The maximum Gasteiger partial charge on any atom is 0.303 e. The van der Waals surface area contributed by atoms with Crippen LogP contribution in [0.5, 0.6) is 0 Å². The van der Waals surface area contributed by atoms with Crippen molar-refractivity contribution in [2.45, 2.75) is 110 Å². The lowest BCUT2D eigenvalue weighted by Crippen LogP contribution is -2.36. The molecule has 1 unspecified atom stereocenters. The summed E-state index contributed by atoms with van der Waals surface area (Å²) in [6, 6.07) is 2.11. The van der Waals surface area contributed by atoms with Crippen LogP contribution < -0.4 is 5.38 Å². The fourth-order valence-corrected chi connectivity index (χ4v) is 4.24. The van der Waals surface area contributed by atoms with Gasteiger partial charge in [-0.15, -0.1) is 0 Å². The molecule has 150 valence electrons. The molecule has 0 aliphatic heterocycles. The maximum absolute atomic E-state index is 11.5. The highest BCUT2D eigenvalue weighted by Gasteiger charge is 2.24. The van der Waals surface area contributed by atoms with Crippen LogP contribution in [-0.4, -0.2) is 14.0 Å². The molecule has 0 amide bonds. The van der Waals surface area contributed by atoms with Gasteiger partial charge in [0.2, 0.25) is 0 Å². The third-order valence-corrected chi connectivity index (χ3v) is 6.60. The second-order valence-corrected chi connectivity index (χ2v) is 13.6. The van der Waals surface area contributed by atoms with E-state index in [4.69, 9.17) is 9.15 Å². The molecule has 0 bridgehead atoms. The van der Waals surface area contributed by atoms with Gasteiger partial charge in [-0.1, -0.05) is 84.4 Å². The van der Waals surface area contributed by atoms with Crippen LogP contribution in [0.15, 0.2) is 16.7 Å². The predicted molar refractivity (Wildman–Crippen MR) is 113 cm³/mol. The lowest BCUT2D eigenvalue weighted by molar-refractivity contribution is -0.147. The molecular formula is C22H40O3Si. The predicted octanol–water partition coefficient (Wildman–Crippen LogP) is 6.74.